The van der Waals surface area contributed by atoms with Crippen LogP contribution in [0.4, 0.5) is 0 Å². The molecule has 0 bridgehead atoms. The van der Waals surface area contributed by atoms with Gasteiger partial charge in [-0.3, -0.25) is 0 Å². The van der Waals surface area contributed by atoms with E-state index in [4.69, 9.17) is 0 Å². The molecule has 2 nitrogen and oxygen atoms in total. The van der Waals surface area contributed by atoms with E-state index in [-0.39, 0.29) is 15.0 Å². The molecule has 15 heavy (non-hydrogen) atoms. The molecule has 0 spiro atoms. The Kier molecular flexibility index (Phi) is 2.85. The van der Waals surface area contributed by atoms with E-state index < -0.39 is 0 Å². The molecule has 0 aromatic heterocycles. The summed E-state index contributed by atoms with van der Waals surface area (Å²) in [6, 6.07) is 10.2. The van der Waals surface area contributed by atoms with Crippen molar-refractivity contribution in [2.75, 3.05) is 14.1 Å². The first-order chi connectivity index (χ1) is 7.18. The summed E-state index contributed by atoms with van der Waals surface area (Å²) >= 11 is 0.286. The van der Waals surface area contributed by atoms with Gasteiger partial charge >= 0.3 is 96.0 Å². The Labute approximate surface area is 96.2 Å². The minimum absolute atomic E-state index is 0.286. The summed E-state index contributed by atoms with van der Waals surface area (Å²) in [5.74, 6) is 0. The second-order valence-corrected chi connectivity index (χ2v) is 5.76. The van der Waals surface area contributed by atoms with Crippen LogP contribution in [0.5, 0.6) is 0 Å². The van der Waals surface area contributed by atoms with Crippen LogP contribution in [0.15, 0.2) is 46.4 Å². The number of rotatable bonds is 1. The maximum atomic E-state index is 4.63. The third-order valence-corrected chi connectivity index (χ3v) is 4.38. The van der Waals surface area contributed by atoms with Crippen molar-refractivity contribution in [3.8, 4) is 0 Å². The summed E-state index contributed by atoms with van der Waals surface area (Å²) in [4.78, 5) is 4.63. The van der Waals surface area contributed by atoms with Crippen LogP contribution in [-0.4, -0.2) is 44.1 Å². The van der Waals surface area contributed by atoms with Gasteiger partial charge in [0.2, 0.25) is 0 Å². The van der Waals surface area contributed by atoms with Crippen molar-refractivity contribution >= 4 is 25.4 Å². The summed E-state index contributed by atoms with van der Waals surface area (Å²) in [6.45, 7) is 4.09. The zero-order chi connectivity index (χ0) is 10.8. The van der Waals surface area contributed by atoms with Gasteiger partial charge in [0.25, 0.3) is 0 Å². The van der Waals surface area contributed by atoms with Gasteiger partial charge in [-0.15, -0.1) is 0 Å². The number of hydrogen-bond acceptors (Lipinski definition) is 0. The van der Waals surface area contributed by atoms with Crippen LogP contribution >= 0.6 is 0 Å². The Morgan fingerprint density at radius 1 is 1.20 bits per heavy atom. The predicted octanol–water partition coefficient (Wildman–Crippen LogP) is 1.34. The molecular weight excluding hydrogens is 251 g/mol. The van der Waals surface area contributed by atoms with Crippen molar-refractivity contribution in [1.29, 1.82) is 0 Å². The van der Waals surface area contributed by atoms with Crippen molar-refractivity contribution in [3.05, 3.63) is 46.9 Å². The Morgan fingerprint density at radius 2 is 1.87 bits per heavy atom. The molecule has 1 aromatic carbocycles. The predicted molar refractivity (Wildman–Crippen MR) is 65.0 cm³/mol. The molecule has 0 saturated heterocycles. The zero-order valence-electron chi connectivity index (χ0n) is 8.90. The second kappa shape index (κ2) is 4.13. The quantitative estimate of drug-likeness (QED) is 0.537. The first-order valence-corrected chi connectivity index (χ1v) is 6.45. The van der Waals surface area contributed by atoms with Gasteiger partial charge in [-0.1, -0.05) is 0 Å². The normalized spacial score (nSPS) is 15.5. The second-order valence-electron chi connectivity index (χ2n) is 3.53. The molecule has 1 aromatic rings. The Bertz CT molecular complexity index is 454. The number of amidine groups is 1. The standard InChI is InChI=1S/C12H13N2Se/c1-9-11(10-7-5-4-6-8-10)13-12(15-9)14(2)3/h4-8H,1H2,2-3H3/q+1. The van der Waals surface area contributed by atoms with Gasteiger partial charge in [0.15, 0.2) is 0 Å². The molecule has 0 amide bonds. The van der Waals surface area contributed by atoms with Crippen LogP contribution in [0, 0.1) is 0 Å². The van der Waals surface area contributed by atoms with Gasteiger partial charge in [-0.2, -0.15) is 0 Å². The SMILES string of the molecule is C=C1[Se]C(=[N+](C)C)N=C1c1ccccc1. The Hall–Kier alpha value is -1.18. The van der Waals surface area contributed by atoms with Crippen molar-refractivity contribution in [2.45, 2.75) is 0 Å². The Morgan fingerprint density at radius 3 is 2.40 bits per heavy atom. The number of aliphatic imine (C=N–C) groups is 1. The first kappa shape index (κ1) is 10.3. The molecule has 0 atom stereocenters. The number of nitrogens with zero attached hydrogens (tertiary/aromatic N) is 2. The third kappa shape index (κ3) is 2.09. The minimum atomic E-state index is 0.286. The van der Waals surface area contributed by atoms with Gasteiger partial charge in [-0.05, 0) is 0 Å². The van der Waals surface area contributed by atoms with Gasteiger partial charge in [0.1, 0.15) is 0 Å². The zero-order valence-corrected chi connectivity index (χ0v) is 10.6. The monoisotopic (exact) mass is 265 g/mol. The van der Waals surface area contributed by atoms with E-state index in [2.05, 4.69) is 28.3 Å². The molecule has 3 heteroatoms. The fourth-order valence-corrected chi connectivity index (χ4v) is 3.03. The van der Waals surface area contributed by atoms with E-state index >= 15 is 0 Å². The molecule has 0 radical (unpaired) electrons. The molecule has 0 fully saturated rings. The van der Waals surface area contributed by atoms with Crippen LogP contribution in [0.25, 0.3) is 0 Å². The number of benzene rings is 1. The summed E-state index contributed by atoms with van der Waals surface area (Å²) in [5.41, 5.74) is 2.22. The summed E-state index contributed by atoms with van der Waals surface area (Å²) in [5, 5.41) is 0. The molecule has 1 aliphatic rings. The van der Waals surface area contributed by atoms with E-state index in [1.807, 2.05) is 32.3 Å². The molecule has 76 valence electrons. The van der Waals surface area contributed by atoms with E-state index in [9.17, 15) is 0 Å². The molecule has 1 aliphatic heterocycles. The number of hydrogen-bond donors (Lipinski definition) is 0. The average molecular weight is 264 g/mol. The fraction of sp³-hybridized carbons (Fsp3) is 0.167. The van der Waals surface area contributed by atoms with Crippen LogP contribution in [0.2, 0.25) is 0 Å². The maximum absolute atomic E-state index is 4.63. The van der Waals surface area contributed by atoms with E-state index in [0.717, 1.165) is 14.9 Å². The topological polar surface area (TPSA) is 15.4 Å². The van der Waals surface area contributed by atoms with Gasteiger partial charge < -0.3 is 0 Å². The van der Waals surface area contributed by atoms with Crippen molar-refractivity contribution < 1.29 is 4.58 Å². The van der Waals surface area contributed by atoms with Gasteiger partial charge in [-0.25, -0.2) is 0 Å². The van der Waals surface area contributed by atoms with Crippen molar-refractivity contribution in [1.82, 2.24) is 0 Å². The molecular formula is C12H13N2Se+. The summed E-state index contributed by atoms with van der Waals surface area (Å²) in [7, 11) is 4.06. The molecule has 0 N–H and O–H groups in total. The molecule has 0 aliphatic carbocycles. The van der Waals surface area contributed by atoms with Crippen molar-refractivity contribution in [2.24, 2.45) is 4.99 Å². The van der Waals surface area contributed by atoms with Gasteiger partial charge in [0, 0.05) is 0 Å². The molecule has 1 heterocycles. The Balaban J connectivity index is 2.44. The molecule has 0 unspecified atom stereocenters. The summed E-state index contributed by atoms with van der Waals surface area (Å²) in [6.07, 6.45) is 0. The van der Waals surface area contributed by atoms with Crippen LogP contribution < -0.4 is 0 Å². The fourth-order valence-electron chi connectivity index (χ4n) is 1.35. The van der Waals surface area contributed by atoms with Crippen molar-refractivity contribution in [3.63, 3.8) is 0 Å². The average Bonchev–Trinajstić information content (AvgIpc) is 2.62. The third-order valence-electron chi connectivity index (χ3n) is 2.12. The van der Waals surface area contributed by atoms with Crippen LogP contribution in [0.1, 0.15) is 5.56 Å². The van der Waals surface area contributed by atoms with Gasteiger partial charge in [0.05, 0.1) is 0 Å². The molecule has 0 saturated carbocycles. The molecule has 2 rings (SSSR count). The van der Waals surface area contributed by atoms with E-state index in [1.54, 1.807) is 0 Å². The number of allylic oxidation sites excluding steroid dienone is 1. The van der Waals surface area contributed by atoms with E-state index in [1.165, 1.54) is 5.56 Å². The first-order valence-electron chi connectivity index (χ1n) is 4.74. The van der Waals surface area contributed by atoms with E-state index in [0.29, 0.717) is 0 Å². The van der Waals surface area contributed by atoms with Crippen LogP contribution in [0.3, 0.4) is 0 Å². The summed E-state index contributed by atoms with van der Waals surface area (Å²) < 4.78 is 4.38. The van der Waals surface area contributed by atoms with Crippen LogP contribution in [-0.2, 0) is 0 Å².